The zero-order valence-corrected chi connectivity index (χ0v) is 21.5. The van der Waals surface area contributed by atoms with Gasteiger partial charge in [0.15, 0.2) is 5.78 Å². The number of amides is 2. The lowest BCUT2D eigenvalue weighted by Crippen LogP contribution is -2.52. The number of carbonyl (C=O) groups is 3. The van der Waals surface area contributed by atoms with E-state index in [4.69, 9.17) is 0 Å². The molecule has 1 unspecified atom stereocenters. The standard InChI is InChI=1S/C24H33N3O5S2/c1-4-12-34(31,32)27-11-7-9-18(20(28)15-27)25-23(29)19(13-16(2)3)26-24(30)22-14-17-8-5-6-10-21(17)33-22/h5-6,8,10,14,16,18-19H,4,7,9,11-13,15H2,1-3H3,(H,25,29)(H,26,30)/t18-,19?/m0/s1. The van der Waals surface area contributed by atoms with Crippen LogP contribution in [0.2, 0.25) is 0 Å². The van der Waals surface area contributed by atoms with Crippen molar-refractivity contribution in [1.29, 1.82) is 0 Å². The SMILES string of the molecule is CCCS(=O)(=O)N1CCC[C@H](NC(=O)C(CC(C)C)NC(=O)c2cc3ccccc3s2)C(=O)C1. The molecule has 1 aliphatic rings. The Kier molecular flexibility index (Phi) is 8.83. The number of thiophene rings is 1. The first-order chi connectivity index (χ1) is 16.1. The van der Waals surface area contributed by atoms with Crippen molar-refractivity contribution in [3.63, 3.8) is 0 Å². The molecule has 2 aromatic rings. The Balaban J connectivity index is 1.68. The highest BCUT2D eigenvalue weighted by atomic mass is 32.2. The Morgan fingerprint density at radius 2 is 1.97 bits per heavy atom. The molecule has 1 aliphatic heterocycles. The fourth-order valence-electron chi connectivity index (χ4n) is 4.07. The third-order valence-electron chi connectivity index (χ3n) is 5.77. The first-order valence-electron chi connectivity index (χ1n) is 11.7. The molecule has 0 spiro atoms. The number of sulfonamides is 1. The van der Waals surface area contributed by atoms with E-state index in [2.05, 4.69) is 10.6 Å². The minimum Gasteiger partial charge on any atom is -0.344 e. The monoisotopic (exact) mass is 507 g/mol. The van der Waals surface area contributed by atoms with E-state index in [1.54, 1.807) is 13.0 Å². The maximum Gasteiger partial charge on any atom is 0.262 e. The number of Topliss-reactive ketones (excluding diaryl/α,β-unsaturated/α-hetero) is 1. The van der Waals surface area contributed by atoms with E-state index in [1.165, 1.54) is 15.6 Å². The molecule has 3 rings (SSSR count). The van der Waals surface area contributed by atoms with Crippen molar-refractivity contribution in [2.45, 2.75) is 58.5 Å². The van der Waals surface area contributed by atoms with Crippen LogP contribution in [0.15, 0.2) is 30.3 Å². The van der Waals surface area contributed by atoms with Gasteiger partial charge >= 0.3 is 0 Å². The third kappa shape index (κ3) is 6.64. The smallest absolute Gasteiger partial charge is 0.262 e. The second-order valence-electron chi connectivity index (χ2n) is 9.12. The molecule has 0 aliphatic carbocycles. The van der Waals surface area contributed by atoms with Gasteiger partial charge in [-0.3, -0.25) is 14.4 Å². The zero-order valence-electron chi connectivity index (χ0n) is 19.9. The molecule has 1 saturated heterocycles. The maximum absolute atomic E-state index is 13.1. The van der Waals surface area contributed by atoms with E-state index >= 15 is 0 Å². The van der Waals surface area contributed by atoms with Gasteiger partial charge in [0.1, 0.15) is 6.04 Å². The highest BCUT2D eigenvalue weighted by Crippen LogP contribution is 2.25. The summed E-state index contributed by atoms with van der Waals surface area (Å²) in [5.74, 6) is -0.947. The number of nitrogens with zero attached hydrogens (tertiary/aromatic N) is 1. The first kappa shape index (κ1) is 26.3. The average Bonchev–Trinajstić information content (AvgIpc) is 3.12. The van der Waals surface area contributed by atoms with Crippen molar-refractivity contribution >= 4 is 49.0 Å². The van der Waals surface area contributed by atoms with Crippen LogP contribution in [-0.4, -0.2) is 61.2 Å². The molecule has 0 radical (unpaired) electrons. The van der Waals surface area contributed by atoms with Gasteiger partial charge in [0.25, 0.3) is 5.91 Å². The molecule has 2 heterocycles. The summed E-state index contributed by atoms with van der Waals surface area (Å²) in [5.41, 5.74) is 0. The van der Waals surface area contributed by atoms with Crippen LogP contribution in [0, 0.1) is 5.92 Å². The second kappa shape index (κ2) is 11.4. The van der Waals surface area contributed by atoms with Crippen molar-refractivity contribution < 1.29 is 22.8 Å². The van der Waals surface area contributed by atoms with Crippen LogP contribution in [0.1, 0.15) is 56.1 Å². The Morgan fingerprint density at radius 1 is 1.24 bits per heavy atom. The van der Waals surface area contributed by atoms with Gasteiger partial charge in [0.2, 0.25) is 15.9 Å². The minimum absolute atomic E-state index is 0.00245. The van der Waals surface area contributed by atoms with E-state index in [1.807, 2.05) is 38.1 Å². The van der Waals surface area contributed by atoms with Crippen molar-refractivity contribution in [1.82, 2.24) is 14.9 Å². The lowest BCUT2D eigenvalue weighted by atomic mass is 10.0. The van der Waals surface area contributed by atoms with Crippen LogP contribution in [0.5, 0.6) is 0 Å². The molecule has 0 bridgehead atoms. The van der Waals surface area contributed by atoms with Crippen molar-refractivity contribution in [2.24, 2.45) is 5.92 Å². The van der Waals surface area contributed by atoms with Crippen LogP contribution in [0.25, 0.3) is 10.1 Å². The average molecular weight is 508 g/mol. The largest absolute Gasteiger partial charge is 0.344 e. The van der Waals surface area contributed by atoms with Gasteiger partial charge in [0, 0.05) is 11.2 Å². The molecule has 1 aromatic carbocycles. The van der Waals surface area contributed by atoms with Crippen molar-refractivity contribution in [3.05, 3.63) is 35.2 Å². The number of rotatable bonds is 9. The van der Waals surface area contributed by atoms with E-state index in [0.29, 0.717) is 30.6 Å². The van der Waals surface area contributed by atoms with Gasteiger partial charge in [-0.25, -0.2) is 8.42 Å². The van der Waals surface area contributed by atoms with E-state index in [-0.39, 0.29) is 36.5 Å². The van der Waals surface area contributed by atoms with Gasteiger partial charge in [-0.1, -0.05) is 39.0 Å². The lowest BCUT2D eigenvalue weighted by molar-refractivity contribution is -0.129. The number of benzene rings is 1. The summed E-state index contributed by atoms with van der Waals surface area (Å²) in [6.45, 7) is 5.72. The third-order valence-corrected chi connectivity index (χ3v) is 8.91. The number of nitrogens with one attached hydrogen (secondary N) is 2. The summed E-state index contributed by atoms with van der Waals surface area (Å²) in [6.07, 6.45) is 1.73. The molecule has 2 amide bonds. The van der Waals surface area contributed by atoms with Crippen molar-refractivity contribution in [2.75, 3.05) is 18.8 Å². The molecule has 2 atom stereocenters. The number of hydrogen-bond donors (Lipinski definition) is 2. The van der Waals surface area contributed by atoms with E-state index in [0.717, 1.165) is 10.1 Å². The molecule has 10 heteroatoms. The molecule has 1 aromatic heterocycles. The number of fused-ring (bicyclic) bond motifs is 1. The Bertz CT molecular complexity index is 1110. The molecule has 8 nitrogen and oxygen atoms in total. The molecule has 0 saturated carbocycles. The summed E-state index contributed by atoms with van der Waals surface area (Å²) < 4.78 is 27.0. The summed E-state index contributed by atoms with van der Waals surface area (Å²) in [5, 5.41) is 6.58. The number of ketones is 1. The van der Waals surface area contributed by atoms with Gasteiger partial charge in [-0.2, -0.15) is 4.31 Å². The van der Waals surface area contributed by atoms with E-state index in [9.17, 15) is 22.8 Å². The Morgan fingerprint density at radius 3 is 2.65 bits per heavy atom. The Hall–Kier alpha value is -2.30. The maximum atomic E-state index is 13.1. The van der Waals surface area contributed by atoms with Gasteiger partial charge in [-0.15, -0.1) is 11.3 Å². The predicted molar refractivity (Wildman–Crippen MR) is 134 cm³/mol. The highest BCUT2D eigenvalue weighted by molar-refractivity contribution is 7.89. The Labute approximate surface area is 205 Å². The fraction of sp³-hybridized carbons (Fsp3) is 0.542. The molecule has 186 valence electrons. The molecule has 2 N–H and O–H groups in total. The summed E-state index contributed by atoms with van der Waals surface area (Å²) >= 11 is 1.36. The topological polar surface area (TPSA) is 113 Å². The van der Waals surface area contributed by atoms with Crippen LogP contribution in [-0.2, 0) is 19.6 Å². The quantitative estimate of drug-likeness (QED) is 0.542. The van der Waals surface area contributed by atoms with Crippen LogP contribution < -0.4 is 10.6 Å². The van der Waals surface area contributed by atoms with E-state index < -0.39 is 28.0 Å². The predicted octanol–water partition coefficient (Wildman–Crippen LogP) is 2.94. The van der Waals surface area contributed by atoms with Crippen molar-refractivity contribution in [3.8, 4) is 0 Å². The number of hydrogen-bond acceptors (Lipinski definition) is 6. The molecule has 34 heavy (non-hydrogen) atoms. The normalized spacial score (nSPS) is 18.6. The lowest BCUT2D eigenvalue weighted by Gasteiger charge is -2.23. The zero-order chi connectivity index (χ0) is 24.9. The van der Waals surface area contributed by atoms with Gasteiger partial charge in [-0.05, 0) is 49.1 Å². The second-order valence-corrected chi connectivity index (χ2v) is 12.3. The molecular formula is C24H33N3O5S2. The minimum atomic E-state index is -3.49. The molecule has 1 fully saturated rings. The molecular weight excluding hydrogens is 474 g/mol. The highest BCUT2D eigenvalue weighted by Gasteiger charge is 2.33. The summed E-state index contributed by atoms with van der Waals surface area (Å²) in [6, 6.07) is 7.93. The number of carbonyl (C=O) groups excluding carboxylic acids is 3. The first-order valence-corrected chi connectivity index (χ1v) is 14.1. The van der Waals surface area contributed by atoms with Gasteiger partial charge < -0.3 is 10.6 Å². The van der Waals surface area contributed by atoms with Crippen LogP contribution in [0.3, 0.4) is 0 Å². The van der Waals surface area contributed by atoms with Crippen LogP contribution >= 0.6 is 11.3 Å². The summed E-state index contributed by atoms with van der Waals surface area (Å²) in [4.78, 5) is 39.3. The summed E-state index contributed by atoms with van der Waals surface area (Å²) in [7, 11) is -3.49. The fourth-order valence-corrected chi connectivity index (χ4v) is 6.54. The van der Waals surface area contributed by atoms with Gasteiger partial charge in [0.05, 0.1) is 23.2 Å². The van der Waals surface area contributed by atoms with Crippen LogP contribution in [0.4, 0.5) is 0 Å².